The second-order valence-electron chi connectivity index (χ2n) is 9.45. The number of carbonyl (C=O) groups excluding carboxylic acids is 2. The number of methoxy groups -OCH3 is 2. The number of fused-ring (bicyclic) bond motifs is 1. The number of hydrogen-bond donors (Lipinski definition) is 0. The summed E-state index contributed by atoms with van der Waals surface area (Å²) in [7, 11) is 3.05. The summed E-state index contributed by atoms with van der Waals surface area (Å²) in [6, 6.07) is 17.1. The average Bonchev–Trinajstić information content (AvgIpc) is 3.32. The van der Waals surface area contributed by atoms with E-state index in [1.54, 1.807) is 43.3 Å². The van der Waals surface area contributed by atoms with Gasteiger partial charge in [-0.3, -0.25) is 14.2 Å². The predicted molar refractivity (Wildman–Crippen MR) is 174 cm³/mol. The highest BCUT2D eigenvalue weighted by Gasteiger charge is 2.35. The van der Waals surface area contributed by atoms with Gasteiger partial charge in [0.2, 0.25) is 0 Å². The third-order valence-electron chi connectivity index (χ3n) is 6.67. The van der Waals surface area contributed by atoms with E-state index < -0.39 is 23.5 Å². The quantitative estimate of drug-likeness (QED) is 0.176. The summed E-state index contributed by atoms with van der Waals surface area (Å²) in [6.45, 7) is 3.15. The number of nitrogens with zero attached hydrogens (tertiary/aromatic N) is 2. The molecule has 0 saturated carbocycles. The molecule has 0 N–H and O–H groups in total. The zero-order valence-corrected chi connectivity index (χ0v) is 28.0. The minimum atomic E-state index is -0.912. The molecule has 1 aliphatic rings. The molecular weight excluding hydrogens is 716 g/mol. The fourth-order valence-electron chi connectivity index (χ4n) is 4.86. The number of hydrogen-bond acceptors (Lipinski definition) is 9. The SMILES string of the molecule is CCOC(=O)C1=C(c2ccccc2)N=c2s/c(=C\c3cc(Br)cc(Br)c3OC(C)=O)c(=O)n2[C@H]1c1ccc(OC)c(OC)c1. The third-order valence-corrected chi connectivity index (χ3v) is 8.70. The highest BCUT2D eigenvalue weighted by molar-refractivity contribution is 9.11. The van der Waals surface area contributed by atoms with Crippen molar-refractivity contribution in [2.24, 2.45) is 4.99 Å². The molecule has 0 fully saturated rings. The Labute approximate surface area is 273 Å². The summed E-state index contributed by atoms with van der Waals surface area (Å²) in [6.07, 6.45) is 1.64. The second kappa shape index (κ2) is 13.3. The van der Waals surface area contributed by atoms with Crippen molar-refractivity contribution in [2.45, 2.75) is 19.9 Å². The van der Waals surface area contributed by atoms with Crippen LogP contribution in [0.25, 0.3) is 11.8 Å². The maximum absolute atomic E-state index is 14.3. The van der Waals surface area contributed by atoms with Gasteiger partial charge in [0.1, 0.15) is 0 Å². The monoisotopic (exact) mass is 740 g/mol. The molecule has 3 aromatic carbocycles. The van der Waals surface area contributed by atoms with Crippen LogP contribution in [-0.4, -0.2) is 37.3 Å². The fourth-order valence-corrected chi connectivity index (χ4v) is 7.19. The van der Waals surface area contributed by atoms with Crippen LogP contribution in [0.2, 0.25) is 0 Å². The Bertz CT molecular complexity index is 1980. The largest absolute Gasteiger partial charge is 0.493 e. The summed E-state index contributed by atoms with van der Waals surface area (Å²) in [4.78, 5) is 45.1. The Morgan fingerprint density at radius 3 is 2.41 bits per heavy atom. The fraction of sp³-hybridized carbons (Fsp3) is 0.188. The van der Waals surface area contributed by atoms with Gasteiger partial charge in [-0.1, -0.05) is 63.7 Å². The van der Waals surface area contributed by atoms with Gasteiger partial charge in [-0.05, 0) is 58.8 Å². The van der Waals surface area contributed by atoms with E-state index in [-0.39, 0.29) is 17.9 Å². The van der Waals surface area contributed by atoms with Crippen LogP contribution in [0.1, 0.15) is 36.6 Å². The van der Waals surface area contributed by atoms with Crippen LogP contribution in [-0.2, 0) is 14.3 Å². The van der Waals surface area contributed by atoms with Gasteiger partial charge in [-0.25, -0.2) is 9.79 Å². The Morgan fingerprint density at radius 1 is 1.02 bits per heavy atom. The van der Waals surface area contributed by atoms with Crippen molar-refractivity contribution in [1.82, 2.24) is 4.57 Å². The van der Waals surface area contributed by atoms with Crippen LogP contribution in [0.15, 0.2) is 85.0 Å². The number of thiazole rings is 1. The maximum atomic E-state index is 14.3. The highest BCUT2D eigenvalue weighted by atomic mass is 79.9. The van der Waals surface area contributed by atoms with E-state index in [0.717, 1.165) is 11.3 Å². The molecule has 2 heterocycles. The molecule has 5 rings (SSSR count). The second-order valence-corrected chi connectivity index (χ2v) is 12.2. The van der Waals surface area contributed by atoms with E-state index in [2.05, 4.69) is 31.9 Å². The average molecular weight is 742 g/mol. The topological polar surface area (TPSA) is 105 Å². The van der Waals surface area contributed by atoms with Crippen LogP contribution >= 0.6 is 43.2 Å². The highest BCUT2D eigenvalue weighted by Crippen LogP contribution is 2.39. The van der Waals surface area contributed by atoms with Crippen LogP contribution in [0.5, 0.6) is 17.2 Å². The van der Waals surface area contributed by atoms with Crippen molar-refractivity contribution in [3.8, 4) is 17.2 Å². The number of carbonyl (C=O) groups is 2. The Hall–Kier alpha value is -4.00. The number of ether oxygens (including phenoxy) is 4. The first kappa shape index (κ1) is 31.4. The molecule has 226 valence electrons. The van der Waals surface area contributed by atoms with E-state index in [4.69, 9.17) is 23.9 Å². The number of esters is 2. The minimum absolute atomic E-state index is 0.129. The Kier molecular flexibility index (Phi) is 9.52. The van der Waals surface area contributed by atoms with Crippen LogP contribution in [0, 0.1) is 0 Å². The summed E-state index contributed by atoms with van der Waals surface area (Å²) in [5.74, 6) is 0.0759. The minimum Gasteiger partial charge on any atom is -0.493 e. The number of benzene rings is 3. The van der Waals surface area contributed by atoms with Crippen molar-refractivity contribution in [2.75, 3.05) is 20.8 Å². The number of aromatic nitrogens is 1. The molecule has 0 aliphatic carbocycles. The van der Waals surface area contributed by atoms with Gasteiger partial charge in [-0.2, -0.15) is 0 Å². The zero-order chi connectivity index (χ0) is 31.5. The summed E-state index contributed by atoms with van der Waals surface area (Å²) in [5.41, 5.74) is 1.96. The molecule has 0 spiro atoms. The maximum Gasteiger partial charge on any atom is 0.338 e. The molecule has 0 bridgehead atoms. The first-order chi connectivity index (χ1) is 21.2. The standard InChI is InChI=1S/C32H26Br2N2O7S/c1-5-42-31(39)26-27(18-9-7-6-8-10-18)35-32-36(28(26)19-11-12-23(40-3)24(14-19)41-4)30(38)25(44-32)15-20-13-21(33)16-22(34)29(20)43-17(2)37/h6-16,28H,5H2,1-4H3/b25-15-/t28-/m0/s1. The normalized spacial score (nSPS) is 14.5. The van der Waals surface area contributed by atoms with Crippen molar-refractivity contribution in [3.63, 3.8) is 0 Å². The Morgan fingerprint density at radius 2 is 1.75 bits per heavy atom. The lowest BCUT2D eigenvalue weighted by atomic mass is 9.93. The van der Waals surface area contributed by atoms with Crippen molar-refractivity contribution in [1.29, 1.82) is 0 Å². The van der Waals surface area contributed by atoms with Gasteiger partial charge in [0.15, 0.2) is 22.0 Å². The number of halogens is 2. The molecule has 44 heavy (non-hydrogen) atoms. The predicted octanol–water partition coefficient (Wildman–Crippen LogP) is 5.40. The first-order valence-corrected chi connectivity index (χ1v) is 15.7. The van der Waals surface area contributed by atoms with Crippen molar-refractivity contribution in [3.05, 3.63) is 112 Å². The molecule has 0 saturated heterocycles. The zero-order valence-electron chi connectivity index (χ0n) is 24.1. The van der Waals surface area contributed by atoms with Gasteiger partial charge >= 0.3 is 11.9 Å². The molecule has 0 radical (unpaired) electrons. The summed E-state index contributed by atoms with van der Waals surface area (Å²) >= 11 is 8.07. The third kappa shape index (κ3) is 6.15. The lowest BCUT2D eigenvalue weighted by molar-refractivity contribution is -0.139. The molecule has 4 aromatic rings. The van der Waals surface area contributed by atoms with Gasteiger partial charge in [0, 0.05) is 22.5 Å². The van der Waals surface area contributed by atoms with E-state index in [1.807, 2.05) is 30.3 Å². The van der Waals surface area contributed by atoms with E-state index >= 15 is 0 Å². The van der Waals surface area contributed by atoms with Crippen LogP contribution in [0.4, 0.5) is 0 Å². The first-order valence-electron chi connectivity index (χ1n) is 13.3. The van der Waals surface area contributed by atoms with E-state index in [0.29, 0.717) is 52.2 Å². The van der Waals surface area contributed by atoms with Gasteiger partial charge in [-0.15, -0.1) is 0 Å². The van der Waals surface area contributed by atoms with Gasteiger partial charge in [0.25, 0.3) is 5.56 Å². The molecule has 1 aromatic heterocycles. The van der Waals surface area contributed by atoms with Crippen molar-refractivity contribution < 1.29 is 28.5 Å². The summed E-state index contributed by atoms with van der Waals surface area (Å²) in [5, 5.41) is 0. The summed E-state index contributed by atoms with van der Waals surface area (Å²) < 4.78 is 25.0. The molecule has 1 atom stereocenters. The van der Waals surface area contributed by atoms with Crippen LogP contribution in [0.3, 0.4) is 0 Å². The molecule has 0 unspecified atom stereocenters. The molecular formula is C32H26Br2N2O7S. The van der Waals surface area contributed by atoms with E-state index in [1.165, 1.54) is 25.7 Å². The molecule has 9 nitrogen and oxygen atoms in total. The van der Waals surface area contributed by atoms with E-state index in [9.17, 15) is 14.4 Å². The lowest BCUT2D eigenvalue weighted by Gasteiger charge is -2.26. The lowest BCUT2D eigenvalue weighted by Crippen LogP contribution is -2.40. The molecule has 12 heteroatoms. The van der Waals surface area contributed by atoms with Gasteiger partial charge in [0.05, 0.1) is 47.1 Å². The van der Waals surface area contributed by atoms with Gasteiger partial charge < -0.3 is 18.9 Å². The Balaban J connectivity index is 1.86. The number of rotatable bonds is 8. The molecule has 0 amide bonds. The molecule has 1 aliphatic heterocycles. The van der Waals surface area contributed by atoms with Crippen molar-refractivity contribution >= 4 is 66.9 Å². The van der Waals surface area contributed by atoms with Crippen LogP contribution < -0.4 is 29.1 Å². The smallest absolute Gasteiger partial charge is 0.338 e.